The number of fused-ring (bicyclic) bond motifs is 1. The number of nitrogens with one attached hydrogen (secondary N) is 3. The molecule has 166 valence electrons. The molecule has 0 saturated carbocycles. The second kappa shape index (κ2) is 11.2. The topological polar surface area (TPSA) is 83.6 Å². The molecule has 0 bridgehead atoms. The summed E-state index contributed by atoms with van der Waals surface area (Å²) in [5.74, 6) is 3.26. The summed E-state index contributed by atoms with van der Waals surface area (Å²) >= 11 is 0. The van der Waals surface area contributed by atoms with E-state index in [9.17, 15) is 0 Å². The number of guanidine groups is 1. The monoisotopic (exact) mass is 423 g/mol. The van der Waals surface area contributed by atoms with Crippen molar-refractivity contribution < 1.29 is 9.47 Å². The third kappa shape index (κ3) is 6.13. The Morgan fingerprint density at radius 3 is 2.58 bits per heavy atom. The smallest absolute Gasteiger partial charge is 0.191 e. The van der Waals surface area contributed by atoms with Crippen molar-refractivity contribution in [3.05, 3.63) is 53.9 Å². The van der Waals surface area contributed by atoms with Crippen molar-refractivity contribution in [2.24, 2.45) is 4.99 Å². The van der Waals surface area contributed by atoms with Crippen LogP contribution in [-0.2, 0) is 6.42 Å². The minimum atomic E-state index is 0.0545. The van der Waals surface area contributed by atoms with Gasteiger partial charge in [-0.2, -0.15) is 0 Å². The van der Waals surface area contributed by atoms with Gasteiger partial charge in [0.05, 0.1) is 30.3 Å². The van der Waals surface area contributed by atoms with Crippen molar-refractivity contribution in [3.8, 4) is 11.5 Å². The van der Waals surface area contributed by atoms with E-state index >= 15 is 0 Å². The Hall–Kier alpha value is -3.22. The molecule has 3 rings (SSSR count). The first kappa shape index (κ1) is 22.5. The molecule has 1 aromatic heterocycles. The lowest BCUT2D eigenvalue weighted by molar-refractivity contribution is 0.287. The molecule has 1 unspecified atom stereocenters. The molecule has 0 fully saturated rings. The van der Waals surface area contributed by atoms with Crippen LogP contribution in [0.25, 0.3) is 11.0 Å². The lowest BCUT2D eigenvalue weighted by atomic mass is 10.1. The molecule has 0 aliphatic heterocycles. The number of hydrogen-bond donors (Lipinski definition) is 3. The minimum Gasteiger partial charge on any atom is -0.490 e. The number of benzene rings is 2. The van der Waals surface area contributed by atoms with Crippen molar-refractivity contribution in [3.63, 3.8) is 0 Å². The Balaban J connectivity index is 1.65. The fraction of sp³-hybridized carbons (Fsp3) is 0.417. The van der Waals surface area contributed by atoms with E-state index in [1.165, 1.54) is 0 Å². The predicted molar refractivity (Wildman–Crippen MR) is 126 cm³/mol. The molecule has 1 heterocycles. The number of aromatic nitrogens is 2. The summed E-state index contributed by atoms with van der Waals surface area (Å²) in [4.78, 5) is 12.7. The predicted octanol–water partition coefficient (Wildman–Crippen LogP) is 4.22. The fourth-order valence-corrected chi connectivity index (χ4v) is 3.34. The summed E-state index contributed by atoms with van der Waals surface area (Å²) in [7, 11) is 0. The van der Waals surface area contributed by atoms with E-state index in [4.69, 9.17) is 14.5 Å². The van der Waals surface area contributed by atoms with Crippen LogP contribution in [0.3, 0.4) is 0 Å². The van der Waals surface area contributed by atoms with E-state index in [0.717, 1.165) is 52.8 Å². The maximum absolute atomic E-state index is 5.76. The molecule has 7 nitrogen and oxygen atoms in total. The maximum Gasteiger partial charge on any atom is 0.191 e. The quantitative estimate of drug-likeness (QED) is 0.336. The molecule has 0 aliphatic rings. The minimum absolute atomic E-state index is 0.0545. The van der Waals surface area contributed by atoms with Gasteiger partial charge in [0.1, 0.15) is 5.82 Å². The number of hydrogen-bond acceptors (Lipinski definition) is 4. The highest BCUT2D eigenvalue weighted by Gasteiger charge is 2.12. The van der Waals surface area contributed by atoms with Crippen molar-refractivity contribution in [2.75, 3.05) is 26.3 Å². The van der Waals surface area contributed by atoms with Gasteiger partial charge in [0, 0.05) is 19.5 Å². The fourth-order valence-electron chi connectivity index (χ4n) is 3.34. The van der Waals surface area contributed by atoms with Crippen molar-refractivity contribution in [1.29, 1.82) is 0 Å². The van der Waals surface area contributed by atoms with Crippen LogP contribution >= 0.6 is 0 Å². The summed E-state index contributed by atoms with van der Waals surface area (Å²) < 4.78 is 11.4. The van der Waals surface area contributed by atoms with Gasteiger partial charge in [-0.1, -0.05) is 18.2 Å². The Morgan fingerprint density at radius 2 is 1.84 bits per heavy atom. The molecule has 3 aromatic rings. The van der Waals surface area contributed by atoms with Gasteiger partial charge in [0.25, 0.3) is 0 Å². The molecule has 3 N–H and O–H groups in total. The number of para-hydroxylation sites is 2. The van der Waals surface area contributed by atoms with Crippen LogP contribution < -0.4 is 20.1 Å². The van der Waals surface area contributed by atoms with Gasteiger partial charge in [-0.15, -0.1) is 0 Å². The Morgan fingerprint density at radius 1 is 1.06 bits per heavy atom. The normalized spacial score (nSPS) is 12.6. The Bertz CT molecular complexity index is 966. The number of ether oxygens (including phenoxy) is 2. The summed E-state index contributed by atoms with van der Waals surface area (Å²) in [6, 6.07) is 14.2. The first-order valence-electron chi connectivity index (χ1n) is 11.0. The van der Waals surface area contributed by atoms with E-state index < -0.39 is 0 Å². The standard InChI is InChI=1S/C24H33N5O2/c1-5-25-24(26-15-14-23-28-19-10-8-9-11-20(19)29-23)27-17(4)18-12-13-21(30-6-2)22(16-18)31-7-3/h8-13,16-17H,5-7,14-15H2,1-4H3,(H,28,29)(H2,25,26,27). The van der Waals surface area contributed by atoms with Crippen LogP contribution in [0.5, 0.6) is 11.5 Å². The van der Waals surface area contributed by atoms with Crippen LogP contribution in [0.15, 0.2) is 47.5 Å². The van der Waals surface area contributed by atoms with Gasteiger partial charge in [0.15, 0.2) is 17.5 Å². The summed E-state index contributed by atoms with van der Waals surface area (Å²) in [5.41, 5.74) is 3.15. The maximum atomic E-state index is 5.76. The lowest BCUT2D eigenvalue weighted by Gasteiger charge is -2.20. The zero-order chi connectivity index (χ0) is 22.1. The van der Waals surface area contributed by atoms with Gasteiger partial charge in [-0.25, -0.2) is 4.98 Å². The number of aliphatic imine (C=N–C) groups is 1. The van der Waals surface area contributed by atoms with Crippen LogP contribution in [-0.4, -0.2) is 42.2 Å². The SMILES string of the molecule is CCNC(=NCCc1nc2ccccc2[nH]1)NC(C)c1ccc(OCC)c(OCC)c1. The highest BCUT2D eigenvalue weighted by Crippen LogP contribution is 2.30. The molecular formula is C24H33N5O2. The summed E-state index contributed by atoms with van der Waals surface area (Å²) in [6.07, 6.45) is 0.747. The number of rotatable bonds is 10. The molecule has 0 amide bonds. The molecule has 31 heavy (non-hydrogen) atoms. The first-order chi connectivity index (χ1) is 15.1. The highest BCUT2D eigenvalue weighted by atomic mass is 16.5. The van der Waals surface area contributed by atoms with Crippen LogP contribution in [0.4, 0.5) is 0 Å². The number of aromatic amines is 1. The summed E-state index contributed by atoms with van der Waals surface area (Å²) in [5, 5.41) is 6.80. The molecule has 7 heteroatoms. The lowest BCUT2D eigenvalue weighted by Crippen LogP contribution is -2.38. The first-order valence-corrected chi connectivity index (χ1v) is 11.0. The molecule has 2 aromatic carbocycles. The highest BCUT2D eigenvalue weighted by molar-refractivity contribution is 5.80. The van der Waals surface area contributed by atoms with E-state index in [2.05, 4.69) is 40.5 Å². The van der Waals surface area contributed by atoms with Gasteiger partial charge in [-0.3, -0.25) is 4.99 Å². The average molecular weight is 424 g/mol. The van der Waals surface area contributed by atoms with Crippen LogP contribution in [0.2, 0.25) is 0 Å². The second-order valence-corrected chi connectivity index (χ2v) is 7.15. The Kier molecular flexibility index (Phi) is 8.15. The van der Waals surface area contributed by atoms with Gasteiger partial charge < -0.3 is 25.1 Å². The molecule has 0 radical (unpaired) electrons. The van der Waals surface area contributed by atoms with Crippen molar-refractivity contribution in [2.45, 2.75) is 40.2 Å². The van der Waals surface area contributed by atoms with Gasteiger partial charge in [-0.05, 0) is 57.5 Å². The third-order valence-corrected chi connectivity index (χ3v) is 4.82. The second-order valence-electron chi connectivity index (χ2n) is 7.15. The van der Waals surface area contributed by atoms with Crippen LogP contribution in [0, 0.1) is 0 Å². The van der Waals surface area contributed by atoms with E-state index in [-0.39, 0.29) is 6.04 Å². The molecule has 0 saturated heterocycles. The van der Waals surface area contributed by atoms with E-state index in [0.29, 0.717) is 19.8 Å². The van der Waals surface area contributed by atoms with Gasteiger partial charge in [0.2, 0.25) is 0 Å². The number of H-pyrrole nitrogens is 1. The van der Waals surface area contributed by atoms with Gasteiger partial charge >= 0.3 is 0 Å². The van der Waals surface area contributed by atoms with E-state index in [1.807, 2.05) is 50.2 Å². The summed E-state index contributed by atoms with van der Waals surface area (Å²) in [6.45, 7) is 10.7. The van der Waals surface area contributed by atoms with E-state index in [1.54, 1.807) is 0 Å². The number of nitrogens with zero attached hydrogens (tertiary/aromatic N) is 2. The average Bonchev–Trinajstić information content (AvgIpc) is 3.18. The van der Waals surface area contributed by atoms with Crippen LogP contribution in [0.1, 0.15) is 45.1 Å². The zero-order valence-corrected chi connectivity index (χ0v) is 18.9. The van der Waals surface area contributed by atoms with Crippen molar-refractivity contribution in [1.82, 2.24) is 20.6 Å². The van der Waals surface area contributed by atoms with Crippen molar-refractivity contribution >= 4 is 17.0 Å². The third-order valence-electron chi connectivity index (χ3n) is 4.82. The number of imidazole rings is 1. The zero-order valence-electron chi connectivity index (χ0n) is 18.9. The largest absolute Gasteiger partial charge is 0.490 e. The molecule has 0 aliphatic carbocycles. The molecular weight excluding hydrogens is 390 g/mol. The molecule has 0 spiro atoms. The Labute approximate surface area is 184 Å². The molecule has 1 atom stereocenters.